The number of aromatic nitrogens is 4. The van der Waals surface area contributed by atoms with Gasteiger partial charge in [0.05, 0.1) is 11.9 Å². The van der Waals surface area contributed by atoms with E-state index in [1.54, 1.807) is 6.20 Å². The molecular formula is C22H27F2N7O. The first kappa shape index (κ1) is 21.0. The molecule has 0 atom stereocenters. The Kier molecular flexibility index (Phi) is 5.88. The highest BCUT2D eigenvalue weighted by atomic mass is 19.1. The Balaban J connectivity index is 1.49. The Labute approximate surface area is 184 Å². The number of rotatable bonds is 5. The van der Waals surface area contributed by atoms with Crippen LogP contribution >= 0.6 is 0 Å². The van der Waals surface area contributed by atoms with Crippen molar-refractivity contribution in [3.8, 4) is 0 Å². The van der Waals surface area contributed by atoms with Crippen molar-refractivity contribution in [3.05, 3.63) is 36.0 Å². The van der Waals surface area contributed by atoms with E-state index in [1.165, 1.54) is 12.1 Å². The molecule has 1 aliphatic carbocycles. The number of benzene rings is 1. The molecule has 4 N–H and O–H groups in total. The predicted molar refractivity (Wildman–Crippen MR) is 118 cm³/mol. The molecule has 1 aliphatic heterocycles. The molecule has 3 aromatic rings. The summed E-state index contributed by atoms with van der Waals surface area (Å²) in [6, 6.07) is 4.08. The largest absolute Gasteiger partial charge is 0.381 e. The smallest absolute Gasteiger partial charge is 0.224 e. The van der Waals surface area contributed by atoms with Crippen molar-refractivity contribution >= 4 is 28.7 Å². The number of imidazole rings is 1. The predicted octanol–water partition coefficient (Wildman–Crippen LogP) is 3.88. The van der Waals surface area contributed by atoms with Gasteiger partial charge >= 0.3 is 0 Å². The Morgan fingerprint density at radius 3 is 2.56 bits per heavy atom. The first-order valence-corrected chi connectivity index (χ1v) is 11.1. The van der Waals surface area contributed by atoms with Crippen LogP contribution in [0.1, 0.15) is 44.6 Å². The maximum absolute atomic E-state index is 14.3. The fourth-order valence-electron chi connectivity index (χ4n) is 4.50. The minimum Gasteiger partial charge on any atom is -0.381 e. The molecule has 2 fully saturated rings. The topological polar surface area (TPSA) is 103 Å². The maximum Gasteiger partial charge on any atom is 0.224 e. The van der Waals surface area contributed by atoms with Gasteiger partial charge in [-0.1, -0.05) is 0 Å². The zero-order valence-electron chi connectivity index (χ0n) is 17.7. The van der Waals surface area contributed by atoms with E-state index in [-0.39, 0.29) is 23.8 Å². The maximum atomic E-state index is 14.3. The van der Waals surface area contributed by atoms with Gasteiger partial charge in [0.2, 0.25) is 11.9 Å². The molecule has 0 bridgehead atoms. The van der Waals surface area contributed by atoms with Crippen LogP contribution in [0.4, 0.5) is 26.4 Å². The molecule has 0 unspecified atom stereocenters. The van der Waals surface area contributed by atoms with Crippen LogP contribution in [0.15, 0.2) is 24.4 Å². The second-order valence-corrected chi connectivity index (χ2v) is 8.56. The van der Waals surface area contributed by atoms with Gasteiger partial charge in [0.15, 0.2) is 5.65 Å². The lowest BCUT2D eigenvalue weighted by atomic mass is 9.92. The van der Waals surface area contributed by atoms with E-state index >= 15 is 0 Å². The minimum absolute atomic E-state index is 0.0928. The highest BCUT2D eigenvalue weighted by molar-refractivity contribution is 5.76. The van der Waals surface area contributed by atoms with Crippen LogP contribution in [0.5, 0.6) is 0 Å². The third-order valence-corrected chi connectivity index (χ3v) is 6.27. The molecule has 0 amide bonds. The van der Waals surface area contributed by atoms with Crippen molar-refractivity contribution in [3.63, 3.8) is 0 Å². The summed E-state index contributed by atoms with van der Waals surface area (Å²) in [4.78, 5) is 13.9. The molecular weight excluding hydrogens is 416 g/mol. The molecule has 1 saturated carbocycles. The molecule has 5 rings (SSSR count). The van der Waals surface area contributed by atoms with E-state index in [0.717, 1.165) is 44.6 Å². The molecule has 0 spiro atoms. The van der Waals surface area contributed by atoms with E-state index in [1.807, 2.05) is 4.57 Å². The number of hydrogen-bond acceptors (Lipinski definition) is 7. The minimum atomic E-state index is -0.681. The first-order valence-electron chi connectivity index (χ1n) is 11.1. The van der Waals surface area contributed by atoms with E-state index in [2.05, 4.69) is 20.6 Å². The highest BCUT2D eigenvalue weighted by Gasteiger charge is 2.25. The number of ether oxygens (including phenoxy) is 1. The summed E-state index contributed by atoms with van der Waals surface area (Å²) in [5, 5.41) is 6.46. The third-order valence-electron chi connectivity index (χ3n) is 6.27. The van der Waals surface area contributed by atoms with Gasteiger partial charge in [-0.3, -0.25) is 4.57 Å². The van der Waals surface area contributed by atoms with Crippen LogP contribution in [0.3, 0.4) is 0 Å². The SMILES string of the molecule is NC1CCC(Nc2ncc3nc(Nc4ccc(F)cc4F)n(C4CCOCC4)c3n2)CC1. The van der Waals surface area contributed by atoms with E-state index in [4.69, 9.17) is 15.5 Å². The molecule has 3 heterocycles. The summed E-state index contributed by atoms with van der Waals surface area (Å²) in [6.07, 6.45) is 7.20. The van der Waals surface area contributed by atoms with Crippen LogP contribution in [0.25, 0.3) is 11.2 Å². The second kappa shape index (κ2) is 8.95. The molecule has 0 radical (unpaired) electrons. The number of fused-ring (bicyclic) bond motifs is 1. The van der Waals surface area contributed by atoms with Gasteiger partial charge in [0.1, 0.15) is 17.2 Å². The average Bonchev–Trinajstić information content (AvgIpc) is 3.15. The van der Waals surface area contributed by atoms with Crippen molar-refractivity contribution in [2.24, 2.45) is 5.73 Å². The quantitative estimate of drug-likeness (QED) is 0.550. The number of anilines is 3. The molecule has 10 heteroatoms. The molecule has 8 nitrogen and oxygen atoms in total. The highest BCUT2D eigenvalue weighted by Crippen LogP contribution is 2.32. The zero-order chi connectivity index (χ0) is 22.1. The van der Waals surface area contributed by atoms with Crippen molar-refractivity contribution in [1.29, 1.82) is 0 Å². The first-order chi connectivity index (χ1) is 15.6. The van der Waals surface area contributed by atoms with Gasteiger partial charge in [-0.15, -0.1) is 0 Å². The Morgan fingerprint density at radius 2 is 1.81 bits per heavy atom. The van der Waals surface area contributed by atoms with Gasteiger partial charge in [0, 0.05) is 37.4 Å². The number of hydrogen-bond donors (Lipinski definition) is 3. The van der Waals surface area contributed by atoms with Crippen molar-refractivity contribution in [1.82, 2.24) is 19.5 Å². The average molecular weight is 444 g/mol. The Bertz CT molecular complexity index is 1090. The Hall–Kier alpha value is -2.85. The van der Waals surface area contributed by atoms with E-state index in [0.29, 0.717) is 36.3 Å². The number of nitrogens with two attached hydrogens (primary N) is 1. The number of nitrogens with zero attached hydrogens (tertiary/aromatic N) is 4. The Morgan fingerprint density at radius 1 is 1.03 bits per heavy atom. The fraction of sp³-hybridized carbons (Fsp3) is 0.500. The summed E-state index contributed by atoms with van der Waals surface area (Å²) >= 11 is 0. The summed E-state index contributed by atoms with van der Waals surface area (Å²) in [7, 11) is 0. The van der Waals surface area contributed by atoms with Crippen LogP contribution in [-0.2, 0) is 4.74 Å². The number of nitrogens with one attached hydrogen (secondary N) is 2. The van der Waals surface area contributed by atoms with Crippen LogP contribution in [0, 0.1) is 11.6 Å². The van der Waals surface area contributed by atoms with Crippen LogP contribution < -0.4 is 16.4 Å². The lowest BCUT2D eigenvalue weighted by Gasteiger charge is -2.27. The summed E-state index contributed by atoms with van der Waals surface area (Å²) < 4.78 is 35.2. The fourth-order valence-corrected chi connectivity index (χ4v) is 4.50. The summed E-state index contributed by atoms with van der Waals surface area (Å²) in [5.74, 6) is -0.311. The van der Waals surface area contributed by atoms with Gasteiger partial charge in [-0.05, 0) is 50.7 Å². The summed E-state index contributed by atoms with van der Waals surface area (Å²) in [5.41, 5.74) is 7.45. The lowest BCUT2D eigenvalue weighted by molar-refractivity contribution is 0.0710. The van der Waals surface area contributed by atoms with E-state index < -0.39 is 11.6 Å². The molecule has 32 heavy (non-hydrogen) atoms. The van der Waals surface area contributed by atoms with Crippen molar-refractivity contribution in [2.45, 2.75) is 56.7 Å². The van der Waals surface area contributed by atoms with Gasteiger partial charge in [0.25, 0.3) is 0 Å². The van der Waals surface area contributed by atoms with Gasteiger partial charge in [-0.2, -0.15) is 4.98 Å². The number of halogens is 2. The third kappa shape index (κ3) is 4.37. The standard InChI is InChI=1S/C22H27F2N7O/c23-13-1-6-18(17(24)11-13)28-22-29-19-12-26-21(27-15-4-2-14(25)3-5-15)30-20(19)31(22)16-7-9-32-10-8-16/h1,6,11-12,14-16H,2-5,7-10,25H2,(H,28,29)(H,26,27,30). The lowest BCUT2D eigenvalue weighted by Crippen LogP contribution is -2.33. The zero-order valence-corrected chi connectivity index (χ0v) is 17.7. The monoisotopic (exact) mass is 443 g/mol. The second-order valence-electron chi connectivity index (χ2n) is 8.56. The van der Waals surface area contributed by atoms with Crippen molar-refractivity contribution in [2.75, 3.05) is 23.8 Å². The molecule has 170 valence electrons. The van der Waals surface area contributed by atoms with Crippen LogP contribution in [-0.4, -0.2) is 44.8 Å². The summed E-state index contributed by atoms with van der Waals surface area (Å²) in [6.45, 7) is 1.26. The van der Waals surface area contributed by atoms with Crippen molar-refractivity contribution < 1.29 is 13.5 Å². The normalized spacial score (nSPS) is 22.2. The van der Waals surface area contributed by atoms with Gasteiger partial charge in [-0.25, -0.2) is 18.7 Å². The molecule has 1 aromatic carbocycles. The molecule has 1 saturated heterocycles. The van der Waals surface area contributed by atoms with Gasteiger partial charge < -0.3 is 21.1 Å². The molecule has 2 aliphatic rings. The molecule has 2 aromatic heterocycles. The van der Waals surface area contributed by atoms with E-state index in [9.17, 15) is 8.78 Å². The van der Waals surface area contributed by atoms with Crippen LogP contribution in [0.2, 0.25) is 0 Å².